The minimum absolute atomic E-state index is 0.0704. The molecule has 3 rings (SSSR count). The van der Waals surface area contributed by atoms with E-state index in [2.05, 4.69) is 20.7 Å². The Balaban J connectivity index is 1.90. The van der Waals surface area contributed by atoms with E-state index in [1.807, 2.05) is 12.1 Å². The zero-order chi connectivity index (χ0) is 18.7. The molecule has 0 unspecified atom stereocenters. The lowest BCUT2D eigenvalue weighted by atomic mass is 10.2. The summed E-state index contributed by atoms with van der Waals surface area (Å²) >= 11 is 3.37. The van der Waals surface area contributed by atoms with Gasteiger partial charge in [-0.05, 0) is 47.1 Å². The van der Waals surface area contributed by atoms with Crippen LogP contribution in [0.25, 0.3) is 11.0 Å². The van der Waals surface area contributed by atoms with Crippen LogP contribution in [0.3, 0.4) is 0 Å². The van der Waals surface area contributed by atoms with Gasteiger partial charge in [0.1, 0.15) is 23.3 Å². The Hall–Kier alpha value is -2.80. The smallest absolute Gasteiger partial charge is 0.346 e. The molecule has 0 N–H and O–H groups in total. The molecule has 6 nitrogen and oxygen atoms in total. The van der Waals surface area contributed by atoms with Crippen LogP contribution < -0.4 is 14.9 Å². The molecule has 7 heteroatoms. The van der Waals surface area contributed by atoms with E-state index in [4.69, 9.17) is 13.9 Å². The van der Waals surface area contributed by atoms with Crippen LogP contribution in [0.5, 0.6) is 17.2 Å². The highest BCUT2D eigenvalue weighted by molar-refractivity contribution is 9.10. The zero-order valence-corrected chi connectivity index (χ0v) is 15.6. The van der Waals surface area contributed by atoms with Gasteiger partial charge >= 0.3 is 5.97 Å². The third kappa shape index (κ3) is 3.72. The molecule has 26 heavy (non-hydrogen) atoms. The summed E-state index contributed by atoms with van der Waals surface area (Å²) in [5.41, 5.74) is 0.0126. The fourth-order valence-electron chi connectivity index (χ4n) is 2.30. The van der Waals surface area contributed by atoms with Gasteiger partial charge in [-0.1, -0.05) is 12.1 Å². The summed E-state index contributed by atoms with van der Waals surface area (Å²) < 4.78 is 22.0. The summed E-state index contributed by atoms with van der Waals surface area (Å²) in [6.07, 6.45) is 0.472. The van der Waals surface area contributed by atoms with E-state index < -0.39 is 12.1 Å². The normalized spacial score (nSPS) is 11.8. The second kappa shape index (κ2) is 7.61. The Bertz CT molecular complexity index is 1010. The molecule has 3 aromatic rings. The van der Waals surface area contributed by atoms with E-state index >= 15 is 0 Å². The largest absolute Gasteiger partial charge is 0.479 e. The standard InChI is InChI=1S/C19H15BrO6/c1-11(19(22)23-2)25-12-7-8-13-16(9-12)24-10-17(18(13)21)26-15-6-4-3-5-14(15)20/h3-11H,1-2H3/t11-/m1/s1. The summed E-state index contributed by atoms with van der Waals surface area (Å²) in [5, 5.41) is 0.340. The van der Waals surface area contributed by atoms with E-state index in [9.17, 15) is 9.59 Å². The number of benzene rings is 2. The Morgan fingerprint density at radius 3 is 2.65 bits per heavy atom. The van der Waals surface area contributed by atoms with Gasteiger partial charge in [0.2, 0.25) is 11.2 Å². The van der Waals surface area contributed by atoms with Crippen LogP contribution >= 0.6 is 15.9 Å². The SMILES string of the molecule is COC(=O)[C@@H](C)Oc1ccc2c(=O)c(Oc3ccccc3Br)coc2c1. The van der Waals surface area contributed by atoms with E-state index in [1.165, 1.54) is 13.4 Å². The van der Waals surface area contributed by atoms with Crippen molar-refractivity contribution in [2.75, 3.05) is 7.11 Å². The summed E-state index contributed by atoms with van der Waals surface area (Å²) in [4.78, 5) is 24.1. The second-order valence-corrected chi connectivity index (χ2v) is 6.26. The van der Waals surface area contributed by atoms with Crippen LogP contribution in [0.2, 0.25) is 0 Å². The first kappa shape index (κ1) is 18.0. The molecule has 1 aromatic heterocycles. The van der Waals surface area contributed by atoms with Gasteiger partial charge in [0.05, 0.1) is 17.0 Å². The number of ether oxygens (including phenoxy) is 3. The molecule has 0 spiro atoms. The topological polar surface area (TPSA) is 75.0 Å². The van der Waals surface area contributed by atoms with E-state index in [0.29, 0.717) is 22.5 Å². The van der Waals surface area contributed by atoms with Crippen molar-refractivity contribution in [1.82, 2.24) is 0 Å². The molecule has 1 heterocycles. The first-order valence-electron chi connectivity index (χ1n) is 7.72. The first-order valence-corrected chi connectivity index (χ1v) is 8.51. The molecular weight excluding hydrogens is 404 g/mol. The van der Waals surface area contributed by atoms with Gasteiger partial charge in [0.25, 0.3) is 0 Å². The van der Waals surface area contributed by atoms with Crippen LogP contribution in [0.4, 0.5) is 0 Å². The molecule has 2 aromatic carbocycles. The zero-order valence-electron chi connectivity index (χ0n) is 14.0. The molecule has 0 aliphatic carbocycles. The lowest BCUT2D eigenvalue weighted by molar-refractivity contribution is -0.147. The number of carbonyl (C=O) groups excluding carboxylic acids is 1. The predicted molar refractivity (Wildman–Crippen MR) is 98.8 cm³/mol. The summed E-state index contributed by atoms with van der Waals surface area (Å²) in [5.74, 6) is 0.466. The third-order valence-corrected chi connectivity index (χ3v) is 4.27. The number of rotatable bonds is 5. The van der Waals surface area contributed by atoms with Gasteiger partial charge in [-0.25, -0.2) is 4.79 Å². The average molecular weight is 419 g/mol. The van der Waals surface area contributed by atoms with Gasteiger partial charge in [-0.15, -0.1) is 0 Å². The minimum Gasteiger partial charge on any atom is -0.479 e. The number of methoxy groups -OCH3 is 1. The first-order chi connectivity index (χ1) is 12.5. The van der Waals surface area contributed by atoms with Crippen molar-refractivity contribution in [2.45, 2.75) is 13.0 Å². The highest BCUT2D eigenvalue weighted by Gasteiger charge is 2.16. The van der Waals surface area contributed by atoms with Gasteiger partial charge < -0.3 is 18.6 Å². The molecule has 0 saturated carbocycles. The monoisotopic (exact) mass is 418 g/mol. The highest BCUT2D eigenvalue weighted by Crippen LogP contribution is 2.29. The molecule has 0 fully saturated rings. The van der Waals surface area contributed by atoms with Gasteiger partial charge in [-0.3, -0.25) is 4.79 Å². The third-order valence-electron chi connectivity index (χ3n) is 3.62. The van der Waals surface area contributed by atoms with E-state index in [1.54, 1.807) is 37.3 Å². The van der Waals surface area contributed by atoms with Crippen LogP contribution in [0.1, 0.15) is 6.92 Å². The minimum atomic E-state index is -0.776. The average Bonchev–Trinajstić information content (AvgIpc) is 2.65. The van der Waals surface area contributed by atoms with Gasteiger partial charge in [-0.2, -0.15) is 0 Å². The molecule has 0 saturated heterocycles. The lowest BCUT2D eigenvalue weighted by Gasteiger charge is -2.12. The number of fused-ring (bicyclic) bond motifs is 1. The molecule has 0 aliphatic rings. The number of carbonyl (C=O) groups is 1. The molecule has 0 aliphatic heterocycles. The van der Waals surface area contributed by atoms with Gasteiger partial charge in [0, 0.05) is 6.07 Å². The number of halogens is 1. The molecule has 134 valence electrons. The maximum absolute atomic E-state index is 12.6. The van der Waals surface area contributed by atoms with Crippen LogP contribution in [0, 0.1) is 0 Å². The van der Waals surface area contributed by atoms with Crippen molar-refractivity contribution in [3.63, 3.8) is 0 Å². The molecule has 0 amide bonds. The van der Waals surface area contributed by atoms with Crippen molar-refractivity contribution >= 4 is 32.9 Å². The fraction of sp³-hybridized carbons (Fsp3) is 0.158. The summed E-state index contributed by atoms with van der Waals surface area (Å²) in [7, 11) is 1.29. The van der Waals surface area contributed by atoms with Crippen molar-refractivity contribution in [2.24, 2.45) is 0 Å². The summed E-state index contributed by atoms with van der Waals surface area (Å²) in [6, 6.07) is 11.9. The molecular formula is C19H15BrO6. The quantitative estimate of drug-likeness (QED) is 0.575. The van der Waals surface area contributed by atoms with Crippen LogP contribution in [-0.2, 0) is 9.53 Å². The summed E-state index contributed by atoms with van der Waals surface area (Å²) in [6.45, 7) is 1.57. The molecule has 1 atom stereocenters. The van der Waals surface area contributed by atoms with Crippen molar-refractivity contribution in [3.8, 4) is 17.2 Å². The van der Waals surface area contributed by atoms with Gasteiger partial charge in [0.15, 0.2) is 6.10 Å². The number of para-hydroxylation sites is 1. The number of hydrogen-bond acceptors (Lipinski definition) is 6. The molecule has 0 bridgehead atoms. The second-order valence-electron chi connectivity index (χ2n) is 5.40. The fourth-order valence-corrected chi connectivity index (χ4v) is 2.66. The lowest BCUT2D eigenvalue weighted by Crippen LogP contribution is -2.24. The van der Waals surface area contributed by atoms with Crippen molar-refractivity contribution < 1.29 is 23.4 Å². The van der Waals surface area contributed by atoms with Crippen LogP contribution in [-0.4, -0.2) is 19.2 Å². The Morgan fingerprint density at radius 2 is 1.92 bits per heavy atom. The maximum Gasteiger partial charge on any atom is 0.346 e. The van der Waals surface area contributed by atoms with E-state index in [0.717, 1.165) is 4.47 Å². The Labute approximate surface area is 157 Å². The highest BCUT2D eigenvalue weighted by atomic mass is 79.9. The Morgan fingerprint density at radius 1 is 1.15 bits per heavy atom. The number of esters is 1. The molecule has 0 radical (unpaired) electrons. The van der Waals surface area contributed by atoms with E-state index in [-0.39, 0.29) is 11.2 Å². The van der Waals surface area contributed by atoms with Crippen molar-refractivity contribution in [3.05, 3.63) is 63.4 Å². The number of hydrogen-bond donors (Lipinski definition) is 0. The Kier molecular flexibility index (Phi) is 5.27. The maximum atomic E-state index is 12.6. The predicted octanol–water partition coefficient (Wildman–Crippen LogP) is 4.29. The van der Waals surface area contributed by atoms with Crippen molar-refractivity contribution in [1.29, 1.82) is 0 Å². The van der Waals surface area contributed by atoms with Crippen LogP contribution in [0.15, 0.2) is 62.4 Å².